The zero-order chi connectivity index (χ0) is 17.3. The van der Waals surface area contributed by atoms with E-state index in [1.807, 2.05) is 30.3 Å². The standard InChI is InChI=1S/C17H14N2O4S/c1-10-8-18-17(23)19(15(10)20)9-12-7-13(24-14(12)16(21)22)11-5-3-2-4-6-11/h2-8H,9H2,1H3,(H,18,23)(H,21,22). The summed E-state index contributed by atoms with van der Waals surface area (Å²) in [5.74, 6) is -1.07. The molecule has 6 nitrogen and oxygen atoms in total. The number of nitrogens with zero attached hydrogens (tertiary/aromatic N) is 1. The van der Waals surface area contributed by atoms with Crippen molar-refractivity contribution >= 4 is 17.3 Å². The second-order valence-corrected chi connectivity index (χ2v) is 6.36. The minimum Gasteiger partial charge on any atom is -0.477 e. The van der Waals surface area contributed by atoms with Gasteiger partial charge in [-0.15, -0.1) is 11.3 Å². The molecule has 2 heterocycles. The van der Waals surface area contributed by atoms with E-state index in [1.54, 1.807) is 13.0 Å². The molecule has 3 rings (SSSR count). The molecular formula is C17H14N2O4S. The maximum Gasteiger partial charge on any atom is 0.346 e. The molecule has 0 aliphatic heterocycles. The van der Waals surface area contributed by atoms with E-state index in [4.69, 9.17) is 0 Å². The Kier molecular flexibility index (Phi) is 4.18. The Hall–Kier alpha value is -2.93. The van der Waals surface area contributed by atoms with E-state index in [-0.39, 0.29) is 11.4 Å². The minimum atomic E-state index is -1.07. The first-order valence-corrected chi connectivity index (χ1v) is 7.99. The topological polar surface area (TPSA) is 92.2 Å². The number of aromatic carboxylic acids is 1. The summed E-state index contributed by atoms with van der Waals surface area (Å²) in [6.45, 7) is 1.51. The molecule has 24 heavy (non-hydrogen) atoms. The fourth-order valence-electron chi connectivity index (χ4n) is 2.40. The predicted octanol–water partition coefficient (Wildman–Crippen LogP) is 2.32. The van der Waals surface area contributed by atoms with Crippen molar-refractivity contribution in [1.29, 1.82) is 0 Å². The van der Waals surface area contributed by atoms with Gasteiger partial charge in [-0.1, -0.05) is 30.3 Å². The van der Waals surface area contributed by atoms with Gasteiger partial charge in [0, 0.05) is 16.6 Å². The average Bonchev–Trinajstić information content (AvgIpc) is 3.00. The molecule has 7 heteroatoms. The van der Waals surface area contributed by atoms with Crippen LogP contribution in [-0.4, -0.2) is 20.6 Å². The molecule has 0 spiro atoms. The van der Waals surface area contributed by atoms with Crippen molar-refractivity contribution in [2.75, 3.05) is 0 Å². The number of aromatic amines is 1. The van der Waals surface area contributed by atoms with Gasteiger partial charge in [0.1, 0.15) is 4.88 Å². The number of hydrogen-bond donors (Lipinski definition) is 2. The minimum absolute atomic E-state index is 0.0825. The number of nitrogens with one attached hydrogen (secondary N) is 1. The maximum absolute atomic E-state index is 12.2. The third-order valence-corrected chi connectivity index (χ3v) is 4.84. The number of rotatable bonds is 4. The van der Waals surface area contributed by atoms with E-state index in [9.17, 15) is 19.5 Å². The highest BCUT2D eigenvalue weighted by Gasteiger charge is 2.18. The second kappa shape index (κ2) is 6.29. The van der Waals surface area contributed by atoms with E-state index < -0.39 is 17.2 Å². The fraction of sp³-hybridized carbons (Fsp3) is 0.118. The summed E-state index contributed by atoms with van der Waals surface area (Å²) in [5.41, 5.74) is 0.730. The number of carbonyl (C=O) groups is 1. The molecule has 0 unspecified atom stereocenters. The molecule has 0 bridgehead atoms. The summed E-state index contributed by atoms with van der Waals surface area (Å²) >= 11 is 1.13. The van der Waals surface area contributed by atoms with Crippen molar-refractivity contribution < 1.29 is 9.90 Å². The number of aromatic nitrogens is 2. The highest BCUT2D eigenvalue weighted by molar-refractivity contribution is 7.17. The van der Waals surface area contributed by atoms with Crippen molar-refractivity contribution in [3.05, 3.63) is 79.4 Å². The highest BCUT2D eigenvalue weighted by atomic mass is 32.1. The van der Waals surface area contributed by atoms with Crippen LogP contribution in [0.4, 0.5) is 0 Å². The fourth-order valence-corrected chi connectivity index (χ4v) is 3.42. The molecule has 0 fully saturated rings. The van der Waals surface area contributed by atoms with Crippen molar-refractivity contribution in [3.63, 3.8) is 0 Å². The van der Waals surface area contributed by atoms with Gasteiger partial charge in [-0.2, -0.15) is 0 Å². The number of hydrogen-bond acceptors (Lipinski definition) is 4. The number of carboxylic acid groups (broad SMARTS) is 1. The van der Waals surface area contributed by atoms with Gasteiger partial charge in [-0.05, 0) is 24.1 Å². The lowest BCUT2D eigenvalue weighted by atomic mass is 10.1. The molecule has 0 saturated heterocycles. The Bertz CT molecular complexity index is 1020. The molecule has 0 atom stereocenters. The molecule has 3 aromatic rings. The quantitative estimate of drug-likeness (QED) is 0.761. The maximum atomic E-state index is 12.2. The zero-order valence-corrected chi connectivity index (χ0v) is 13.6. The van der Waals surface area contributed by atoms with Gasteiger partial charge >= 0.3 is 11.7 Å². The van der Waals surface area contributed by atoms with E-state index >= 15 is 0 Å². The molecule has 2 N–H and O–H groups in total. The van der Waals surface area contributed by atoms with Gasteiger partial charge in [0.2, 0.25) is 0 Å². The smallest absolute Gasteiger partial charge is 0.346 e. The number of carboxylic acids is 1. The summed E-state index contributed by atoms with van der Waals surface area (Å²) < 4.78 is 1.01. The van der Waals surface area contributed by atoms with Gasteiger partial charge in [0.05, 0.1) is 6.54 Å². The third kappa shape index (κ3) is 2.93. The normalized spacial score (nSPS) is 10.7. The Balaban J connectivity index is 2.10. The molecule has 0 radical (unpaired) electrons. The van der Waals surface area contributed by atoms with Crippen molar-refractivity contribution in [2.24, 2.45) is 0 Å². The summed E-state index contributed by atoms with van der Waals surface area (Å²) in [6.07, 6.45) is 1.35. The lowest BCUT2D eigenvalue weighted by Crippen LogP contribution is -2.36. The van der Waals surface area contributed by atoms with Crippen molar-refractivity contribution in [1.82, 2.24) is 9.55 Å². The van der Waals surface area contributed by atoms with Crippen LogP contribution in [0.5, 0.6) is 0 Å². The van der Waals surface area contributed by atoms with Crippen molar-refractivity contribution in [2.45, 2.75) is 13.5 Å². The van der Waals surface area contributed by atoms with Crippen LogP contribution < -0.4 is 11.2 Å². The van der Waals surface area contributed by atoms with E-state index in [0.717, 1.165) is 26.3 Å². The van der Waals surface area contributed by atoms with Crippen LogP contribution in [0.3, 0.4) is 0 Å². The lowest BCUT2D eigenvalue weighted by molar-refractivity contribution is 0.0701. The molecule has 0 aliphatic rings. The Morgan fingerprint density at radius 1 is 1.25 bits per heavy atom. The zero-order valence-electron chi connectivity index (χ0n) is 12.8. The molecule has 1 aromatic carbocycles. The monoisotopic (exact) mass is 342 g/mol. The summed E-state index contributed by atoms with van der Waals surface area (Å²) in [6, 6.07) is 11.1. The first kappa shape index (κ1) is 15.9. The van der Waals surface area contributed by atoms with Crippen LogP contribution in [-0.2, 0) is 6.54 Å². The SMILES string of the molecule is Cc1c[nH]c(=O)n(Cc2cc(-c3ccccc3)sc2C(=O)O)c1=O. The number of aryl methyl sites for hydroxylation is 1. The van der Waals surface area contributed by atoms with Crippen LogP contribution in [0.2, 0.25) is 0 Å². The lowest BCUT2D eigenvalue weighted by Gasteiger charge is -2.04. The Labute approximate surface area is 140 Å². The van der Waals surface area contributed by atoms with Crippen LogP contribution in [0, 0.1) is 6.92 Å². The Morgan fingerprint density at radius 2 is 1.96 bits per heavy atom. The van der Waals surface area contributed by atoms with Crippen molar-refractivity contribution in [3.8, 4) is 10.4 Å². The highest BCUT2D eigenvalue weighted by Crippen LogP contribution is 2.31. The Morgan fingerprint density at radius 3 is 2.62 bits per heavy atom. The van der Waals surface area contributed by atoms with Gasteiger partial charge in [-0.3, -0.25) is 9.36 Å². The predicted molar refractivity (Wildman–Crippen MR) is 91.9 cm³/mol. The molecular weight excluding hydrogens is 328 g/mol. The number of thiophene rings is 1. The third-order valence-electron chi connectivity index (χ3n) is 3.63. The molecule has 122 valence electrons. The van der Waals surface area contributed by atoms with Crippen LogP contribution in [0.25, 0.3) is 10.4 Å². The van der Waals surface area contributed by atoms with Gasteiger partial charge in [0.15, 0.2) is 0 Å². The first-order chi connectivity index (χ1) is 11.5. The summed E-state index contributed by atoms with van der Waals surface area (Å²) in [5, 5.41) is 9.43. The van der Waals surface area contributed by atoms with Crippen LogP contribution in [0.1, 0.15) is 20.8 Å². The van der Waals surface area contributed by atoms with Gasteiger partial charge < -0.3 is 10.1 Å². The summed E-state index contributed by atoms with van der Waals surface area (Å²) in [7, 11) is 0. The number of H-pyrrole nitrogens is 1. The molecule has 0 saturated carbocycles. The average molecular weight is 342 g/mol. The second-order valence-electron chi connectivity index (χ2n) is 5.30. The summed E-state index contributed by atoms with van der Waals surface area (Å²) in [4.78, 5) is 39.0. The van der Waals surface area contributed by atoms with E-state index in [0.29, 0.717) is 11.1 Å². The van der Waals surface area contributed by atoms with Gasteiger partial charge in [0.25, 0.3) is 5.56 Å². The molecule has 0 amide bonds. The van der Waals surface area contributed by atoms with E-state index in [1.165, 1.54) is 6.20 Å². The van der Waals surface area contributed by atoms with Crippen LogP contribution in [0.15, 0.2) is 52.2 Å². The van der Waals surface area contributed by atoms with E-state index in [2.05, 4.69) is 4.98 Å². The number of benzene rings is 1. The molecule has 2 aromatic heterocycles. The largest absolute Gasteiger partial charge is 0.477 e. The van der Waals surface area contributed by atoms with Gasteiger partial charge in [-0.25, -0.2) is 9.59 Å². The van der Waals surface area contributed by atoms with Crippen LogP contribution >= 0.6 is 11.3 Å². The first-order valence-electron chi connectivity index (χ1n) is 7.18. The molecule has 0 aliphatic carbocycles.